The highest BCUT2D eigenvalue weighted by Gasteiger charge is 2.45. The van der Waals surface area contributed by atoms with E-state index in [2.05, 4.69) is 20.8 Å². The third kappa shape index (κ3) is 3.88. The Morgan fingerprint density at radius 3 is 1.91 bits per heavy atom. The summed E-state index contributed by atoms with van der Waals surface area (Å²) >= 11 is 0. The number of hydrogen-bond acceptors (Lipinski definition) is 6. The molecule has 0 fully saturated rings. The molecule has 0 spiro atoms. The number of carbonyl (C=O) groups is 2. The maximum Gasteiger partial charge on any atom is 0.251 e. The number of aryl methyl sites for hydroxylation is 2. The molecule has 8 heteroatoms. The Bertz CT molecular complexity index is 1160. The van der Waals surface area contributed by atoms with E-state index in [1.54, 1.807) is 14.1 Å². The fourth-order valence-electron chi connectivity index (χ4n) is 4.88. The van der Waals surface area contributed by atoms with E-state index in [4.69, 9.17) is 10.2 Å². The van der Waals surface area contributed by atoms with Crippen LogP contribution in [0.1, 0.15) is 80.9 Å². The van der Waals surface area contributed by atoms with Crippen LogP contribution in [0.25, 0.3) is 0 Å². The van der Waals surface area contributed by atoms with Crippen LogP contribution < -0.4 is 16.4 Å². The lowest BCUT2D eigenvalue weighted by Gasteiger charge is -2.33. The predicted molar refractivity (Wildman–Crippen MR) is 129 cm³/mol. The van der Waals surface area contributed by atoms with Crippen LogP contribution in [0.2, 0.25) is 0 Å². The fraction of sp³-hybridized carbons (Fsp3) is 0.385. The van der Waals surface area contributed by atoms with Gasteiger partial charge in [-0.3, -0.25) is 9.59 Å². The van der Waals surface area contributed by atoms with E-state index < -0.39 is 5.41 Å². The summed E-state index contributed by atoms with van der Waals surface area (Å²) in [5, 5.41) is 14.2. The van der Waals surface area contributed by atoms with E-state index >= 15 is 0 Å². The van der Waals surface area contributed by atoms with Gasteiger partial charge in [0.25, 0.3) is 11.8 Å². The molecule has 0 aliphatic heterocycles. The van der Waals surface area contributed by atoms with Crippen molar-refractivity contribution < 1.29 is 14.0 Å². The van der Waals surface area contributed by atoms with Gasteiger partial charge < -0.3 is 20.8 Å². The van der Waals surface area contributed by atoms with Gasteiger partial charge in [0.05, 0.1) is 0 Å². The SMILES string of the molecule is CNC(=O)c1ccc2c(c1)CCc1cc(C(=O)NC)ccc1C2(CCN)c1nnc(C(C)C)o1. The minimum Gasteiger partial charge on any atom is -0.424 e. The number of amides is 2. The van der Waals surface area contributed by atoms with Crippen molar-refractivity contribution in [1.29, 1.82) is 0 Å². The lowest BCUT2D eigenvalue weighted by molar-refractivity contribution is 0.0955. The van der Waals surface area contributed by atoms with Crippen LogP contribution >= 0.6 is 0 Å². The van der Waals surface area contributed by atoms with Crippen molar-refractivity contribution in [2.45, 2.75) is 44.4 Å². The second-order valence-electron chi connectivity index (χ2n) is 8.95. The molecule has 4 N–H and O–H groups in total. The van der Waals surface area contributed by atoms with Gasteiger partial charge in [-0.1, -0.05) is 26.0 Å². The van der Waals surface area contributed by atoms with Crippen molar-refractivity contribution in [3.63, 3.8) is 0 Å². The summed E-state index contributed by atoms with van der Waals surface area (Å²) in [6, 6.07) is 11.5. The van der Waals surface area contributed by atoms with E-state index in [1.807, 2.05) is 50.2 Å². The zero-order valence-corrected chi connectivity index (χ0v) is 20.1. The molecule has 0 bridgehead atoms. The Balaban J connectivity index is 2.03. The first-order chi connectivity index (χ1) is 16.3. The Kier molecular flexibility index (Phi) is 6.52. The van der Waals surface area contributed by atoms with Gasteiger partial charge in [-0.2, -0.15) is 0 Å². The average molecular weight is 462 g/mol. The molecule has 2 amide bonds. The lowest BCUT2D eigenvalue weighted by atomic mass is 9.69. The second kappa shape index (κ2) is 9.38. The van der Waals surface area contributed by atoms with E-state index in [-0.39, 0.29) is 17.7 Å². The Morgan fingerprint density at radius 2 is 1.50 bits per heavy atom. The topological polar surface area (TPSA) is 123 Å². The van der Waals surface area contributed by atoms with Gasteiger partial charge in [-0.05, 0) is 72.3 Å². The smallest absolute Gasteiger partial charge is 0.251 e. The summed E-state index contributed by atoms with van der Waals surface area (Å²) in [4.78, 5) is 24.8. The molecule has 0 saturated heterocycles. The molecule has 3 aromatic rings. The molecule has 2 aromatic carbocycles. The quantitative estimate of drug-likeness (QED) is 0.519. The number of nitrogens with two attached hydrogens (primary N) is 1. The van der Waals surface area contributed by atoms with E-state index in [0.717, 1.165) is 22.3 Å². The minimum absolute atomic E-state index is 0.0761. The third-order valence-electron chi connectivity index (χ3n) is 6.59. The van der Waals surface area contributed by atoms with Crippen LogP contribution in [0, 0.1) is 0 Å². The number of benzene rings is 2. The number of rotatable bonds is 6. The van der Waals surface area contributed by atoms with Crippen molar-refractivity contribution in [3.8, 4) is 0 Å². The molecule has 4 rings (SSSR count). The van der Waals surface area contributed by atoms with Crippen LogP contribution in [0.4, 0.5) is 0 Å². The third-order valence-corrected chi connectivity index (χ3v) is 6.59. The first-order valence-corrected chi connectivity index (χ1v) is 11.6. The largest absolute Gasteiger partial charge is 0.424 e. The summed E-state index contributed by atoms with van der Waals surface area (Å²) in [5.41, 5.74) is 10.6. The Labute approximate surface area is 199 Å². The maximum atomic E-state index is 12.4. The van der Waals surface area contributed by atoms with Gasteiger partial charge in [0, 0.05) is 31.1 Å². The zero-order chi connectivity index (χ0) is 24.5. The molecule has 178 valence electrons. The van der Waals surface area contributed by atoms with Gasteiger partial charge in [0.15, 0.2) is 0 Å². The number of fused-ring (bicyclic) bond motifs is 2. The highest BCUT2D eigenvalue weighted by atomic mass is 16.4. The van der Waals surface area contributed by atoms with Gasteiger partial charge >= 0.3 is 0 Å². The van der Waals surface area contributed by atoms with Crippen LogP contribution in [0.5, 0.6) is 0 Å². The fourth-order valence-corrected chi connectivity index (χ4v) is 4.88. The standard InChI is InChI=1S/C26H31N5O3/c1-15(2)24-30-31-25(34-24)26(11-12-27)20-9-7-18(22(32)28-3)13-16(20)5-6-17-14-19(23(33)29-4)8-10-21(17)26/h7-10,13-15H,5-6,11-12,27H2,1-4H3,(H,28,32)(H,29,33). The molecule has 0 atom stereocenters. The molecule has 0 saturated carbocycles. The highest BCUT2D eigenvalue weighted by molar-refractivity contribution is 5.95. The average Bonchev–Trinajstić information content (AvgIpc) is 3.31. The number of nitrogens with one attached hydrogen (secondary N) is 2. The molecule has 1 aliphatic rings. The second-order valence-corrected chi connectivity index (χ2v) is 8.95. The first kappa shape index (κ1) is 23.6. The van der Waals surface area contributed by atoms with Gasteiger partial charge in [0.1, 0.15) is 5.41 Å². The Hall–Kier alpha value is -3.52. The monoisotopic (exact) mass is 461 g/mol. The van der Waals surface area contributed by atoms with Crippen LogP contribution in [0.15, 0.2) is 40.8 Å². The number of nitrogens with zero attached hydrogens (tertiary/aromatic N) is 2. The van der Waals surface area contributed by atoms with Crippen LogP contribution in [0.3, 0.4) is 0 Å². The van der Waals surface area contributed by atoms with Crippen molar-refractivity contribution in [2.24, 2.45) is 5.73 Å². The molecule has 1 heterocycles. The normalized spacial score (nSPS) is 14.2. The van der Waals surface area contributed by atoms with Gasteiger partial charge in [-0.15, -0.1) is 10.2 Å². The molecule has 0 radical (unpaired) electrons. The van der Waals surface area contributed by atoms with Crippen LogP contribution in [-0.4, -0.2) is 42.7 Å². The summed E-state index contributed by atoms with van der Waals surface area (Å²) in [6.45, 7) is 4.40. The molecule has 34 heavy (non-hydrogen) atoms. The number of aromatic nitrogens is 2. The van der Waals surface area contributed by atoms with Gasteiger partial charge in [0.2, 0.25) is 11.8 Å². The summed E-state index contributed by atoms with van der Waals surface area (Å²) < 4.78 is 6.27. The molecule has 1 aromatic heterocycles. The van der Waals surface area contributed by atoms with E-state index in [0.29, 0.717) is 48.7 Å². The molecule has 1 aliphatic carbocycles. The lowest BCUT2D eigenvalue weighted by Crippen LogP contribution is -2.34. The van der Waals surface area contributed by atoms with Crippen LogP contribution in [-0.2, 0) is 18.3 Å². The number of carbonyl (C=O) groups excluding carboxylic acids is 2. The molecule has 0 unspecified atom stereocenters. The molecular weight excluding hydrogens is 430 g/mol. The predicted octanol–water partition coefficient (Wildman–Crippen LogP) is 2.69. The molecule has 8 nitrogen and oxygen atoms in total. The van der Waals surface area contributed by atoms with Crippen molar-refractivity contribution >= 4 is 11.8 Å². The van der Waals surface area contributed by atoms with Crippen molar-refractivity contribution in [3.05, 3.63) is 81.6 Å². The van der Waals surface area contributed by atoms with Crippen molar-refractivity contribution in [2.75, 3.05) is 20.6 Å². The van der Waals surface area contributed by atoms with E-state index in [1.165, 1.54) is 0 Å². The van der Waals surface area contributed by atoms with E-state index in [9.17, 15) is 9.59 Å². The highest BCUT2D eigenvalue weighted by Crippen LogP contribution is 2.47. The van der Waals surface area contributed by atoms with Crippen molar-refractivity contribution in [1.82, 2.24) is 20.8 Å². The number of hydrogen-bond donors (Lipinski definition) is 3. The van der Waals surface area contributed by atoms with Gasteiger partial charge in [-0.25, -0.2) is 0 Å². The molecular formula is C26H31N5O3. The summed E-state index contributed by atoms with van der Waals surface area (Å²) in [5.74, 6) is 0.827. The Morgan fingerprint density at radius 1 is 0.971 bits per heavy atom. The minimum atomic E-state index is -0.793. The zero-order valence-electron chi connectivity index (χ0n) is 20.1. The summed E-state index contributed by atoms with van der Waals surface area (Å²) in [6.07, 6.45) is 1.93. The first-order valence-electron chi connectivity index (χ1n) is 11.6. The maximum absolute atomic E-state index is 12.4. The summed E-state index contributed by atoms with van der Waals surface area (Å²) in [7, 11) is 3.24.